The maximum Gasteiger partial charge on any atom is 0.310 e. The third kappa shape index (κ3) is 3.51. The van der Waals surface area contributed by atoms with Crippen molar-refractivity contribution in [3.8, 4) is 0 Å². The number of rotatable bonds is 4. The summed E-state index contributed by atoms with van der Waals surface area (Å²) >= 11 is 0. The highest BCUT2D eigenvalue weighted by atomic mass is 16.5. The third-order valence-electron chi connectivity index (χ3n) is 5.24. The molecule has 140 valence electrons. The molecule has 0 bridgehead atoms. The minimum absolute atomic E-state index is 0.168. The Bertz CT molecular complexity index is 731. The highest BCUT2D eigenvalue weighted by Crippen LogP contribution is 2.31. The Kier molecular flexibility index (Phi) is 5.41. The molecule has 0 aliphatic carbocycles. The van der Waals surface area contributed by atoms with Crippen LogP contribution in [0.25, 0.3) is 0 Å². The Morgan fingerprint density at radius 1 is 1.27 bits per heavy atom. The van der Waals surface area contributed by atoms with Crippen LogP contribution in [0.4, 0.5) is 5.69 Å². The zero-order valence-corrected chi connectivity index (χ0v) is 15.7. The van der Waals surface area contributed by atoms with Gasteiger partial charge in [0, 0.05) is 6.54 Å². The molecular formula is C20H26N2O4. The summed E-state index contributed by atoms with van der Waals surface area (Å²) in [6.45, 7) is 7.19. The predicted molar refractivity (Wildman–Crippen MR) is 97.7 cm³/mol. The molecule has 0 aromatic heterocycles. The van der Waals surface area contributed by atoms with Crippen LogP contribution in [0, 0.1) is 19.8 Å². The summed E-state index contributed by atoms with van der Waals surface area (Å²) < 4.78 is 5.13. The highest BCUT2D eigenvalue weighted by molar-refractivity contribution is 6.22. The van der Waals surface area contributed by atoms with Crippen LogP contribution >= 0.6 is 0 Å². The smallest absolute Gasteiger partial charge is 0.310 e. The molecule has 1 aromatic carbocycles. The molecule has 3 rings (SSSR count). The monoisotopic (exact) mass is 358 g/mol. The van der Waals surface area contributed by atoms with Crippen LogP contribution in [0.15, 0.2) is 18.2 Å². The van der Waals surface area contributed by atoms with Crippen molar-refractivity contribution in [2.24, 2.45) is 5.92 Å². The number of hydrogen-bond acceptors (Lipinski definition) is 5. The second-order valence-electron chi connectivity index (χ2n) is 7.16. The number of aryl methyl sites for hydroxylation is 2. The van der Waals surface area contributed by atoms with Crippen LogP contribution in [0.2, 0.25) is 0 Å². The number of carbonyl (C=O) groups is 3. The van der Waals surface area contributed by atoms with Gasteiger partial charge in [0.2, 0.25) is 5.91 Å². The van der Waals surface area contributed by atoms with E-state index in [1.54, 1.807) is 6.92 Å². The molecule has 2 atom stereocenters. The fourth-order valence-corrected chi connectivity index (χ4v) is 3.86. The van der Waals surface area contributed by atoms with Gasteiger partial charge in [0.05, 0.1) is 30.7 Å². The average Bonchev–Trinajstić information content (AvgIpc) is 2.92. The van der Waals surface area contributed by atoms with Crippen molar-refractivity contribution in [3.63, 3.8) is 0 Å². The second-order valence-corrected chi connectivity index (χ2v) is 7.16. The number of imide groups is 1. The summed E-state index contributed by atoms with van der Waals surface area (Å²) in [5.74, 6) is -0.790. The van der Waals surface area contributed by atoms with Gasteiger partial charge in [0.15, 0.2) is 0 Å². The highest BCUT2D eigenvalue weighted by Gasteiger charge is 2.44. The molecule has 0 radical (unpaired) electrons. The van der Waals surface area contributed by atoms with Crippen molar-refractivity contribution in [3.05, 3.63) is 29.3 Å². The lowest BCUT2D eigenvalue weighted by Gasteiger charge is -2.34. The van der Waals surface area contributed by atoms with Gasteiger partial charge in [-0.15, -0.1) is 0 Å². The Balaban J connectivity index is 1.78. The van der Waals surface area contributed by atoms with Gasteiger partial charge in [-0.1, -0.05) is 12.1 Å². The lowest BCUT2D eigenvalue weighted by Crippen LogP contribution is -2.48. The van der Waals surface area contributed by atoms with E-state index in [1.165, 1.54) is 4.90 Å². The zero-order chi connectivity index (χ0) is 18.8. The number of esters is 1. The number of likely N-dealkylation sites (tertiary alicyclic amines) is 1. The standard InChI is InChI=1S/C20H26N2O4/c1-4-26-20(25)15-6-5-9-21(12-15)17-11-18(23)22(19(17)24)16-10-13(2)7-8-14(16)3/h7-8,10,15,17H,4-6,9,11-12H2,1-3H3/t15-,17+/m1/s1. The first-order valence-corrected chi connectivity index (χ1v) is 9.27. The molecule has 2 saturated heterocycles. The van der Waals surface area contributed by atoms with Crippen molar-refractivity contribution in [2.75, 3.05) is 24.6 Å². The van der Waals surface area contributed by atoms with Gasteiger partial charge in [0.25, 0.3) is 5.91 Å². The topological polar surface area (TPSA) is 66.9 Å². The average molecular weight is 358 g/mol. The number of anilines is 1. The number of nitrogens with zero attached hydrogens (tertiary/aromatic N) is 2. The first kappa shape index (κ1) is 18.6. The van der Waals surface area contributed by atoms with Crippen LogP contribution < -0.4 is 4.90 Å². The van der Waals surface area contributed by atoms with Crippen molar-refractivity contribution >= 4 is 23.5 Å². The van der Waals surface area contributed by atoms with Crippen molar-refractivity contribution in [1.82, 2.24) is 4.90 Å². The van der Waals surface area contributed by atoms with Crippen LogP contribution in [-0.2, 0) is 19.1 Å². The third-order valence-corrected chi connectivity index (χ3v) is 5.24. The van der Waals surface area contributed by atoms with E-state index >= 15 is 0 Å². The van der Waals surface area contributed by atoms with Gasteiger partial charge in [-0.25, -0.2) is 4.90 Å². The summed E-state index contributed by atoms with van der Waals surface area (Å²) in [4.78, 5) is 41.0. The van der Waals surface area contributed by atoms with Crippen LogP contribution in [0.3, 0.4) is 0 Å². The van der Waals surface area contributed by atoms with Crippen molar-refractivity contribution in [2.45, 2.75) is 46.1 Å². The molecule has 26 heavy (non-hydrogen) atoms. The SMILES string of the molecule is CCOC(=O)[C@@H]1CCCN([C@H]2CC(=O)N(c3cc(C)ccc3C)C2=O)C1. The maximum atomic E-state index is 13.0. The molecule has 2 aliphatic rings. The summed E-state index contributed by atoms with van der Waals surface area (Å²) in [5, 5.41) is 0. The quantitative estimate of drug-likeness (QED) is 0.610. The van der Waals surface area contributed by atoms with E-state index < -0.39 is 6.04 Å². The fraction of sp³-hybridized carbons (Fsp3) is 0.550. The van der Waals surface area contributed by atoms with E-state index in [2.05, 4.69) is 0 Å². The molecule has 2 amide bonds. The maximum absolute atomic E-state index is 13.0. The lowest BCUT2D eigenvalue weighted by molar-refractivity contribution is -0.150. The first-order chi connectivity index (χ1) is 12.4. The summed E-state index contributed by atoms with van der Waals surface area (Å²) in [5.41, 5.74) is 2.58. The lowest BCUT2D eigenvalue weighted by atomic mass is 9.96. The largest absolute Gasteiger partial charge is 0.466 e. The number of amides is 2. The molecule has 2 aliphatic heterocycles. The molecule has 2 fully saturated rings. The van der Waals surface area contributed by atoms with E-state index in [-0.39, 0.29) is 30.1 Å². The summed E-state index contributed by atoms with van der Waals surface area (Å²) in [7, 11) is 0. The van der Waals surface area contributed by atoms with Gasteiger partial charge < -0.3 is 4.74 Å². The van der Waals surface area contributed by atoms with Gasteiger partial charge in [-0.3, -0.25) is 19.3 Å². The van der Waals surface area contributed by atoms with E-state index in [1.807, 2.05) is 36.9 Å². The number of hydrogen-bond donors (Lipinski definition) is 0. The summed E-state index contributed by atoms with van der Waals surface area (Å²) in [6.07, 6.45) is 1.76. The molecule has 0 unspecified atom stereocenters. The van der Waals surface area contributed by atoms with Crippen LogP contribution in [0.5, 0.6) is 0 Å². The minimum atomic E-state index is -0.486. The molecule has 6 heteroatoms. The first-order valence-electron chi connectivity index (χ1n) is 9.27. The predicted octanol–water partition coefficient (Wildman–Crippen LogP) is 2.21. The molecule has 2 heterocycles. The fourth-order valence-electron chi connectivity index (χ4n) is 3.86. The van der Waals surface area contributed by atoms with Crippen molar-refractivity contribution in [1.29, 1.82) is 0 Å². The normalized spacial score (nSPS) is 24.2. The Morgan fingerprint density at radius 2 is 2.04 bits per heavy atom. The van der Waals surface area contributed by atoms with E-state index in [0.717, 1.165) is 30.5 Å². The number of carbonyl (C=O) groups excluding carboxylic acids is 3. The Hall–Kier alpha value is -2.21. The van der Waals surface area contributed by atoms with E-state index in [4.69, 9.17) is 4.74 Å². The van der Waals surface area contributed by atoms with Crippen LogP contribution in [-0.4, -0.2) is 48.4 Å². The van der Waals surface area contributed by atoms with E-state index in [9.17, 15) is 14.4 Å². The van der Waals surface area contributed by atoms with E-state index in [0.29, 0.717) is 18.8 Å². The van der Waals surface area contributed by atoms with Gasteiger partial charge >= 0.3 is 5.97 Å². The number of piperidine rings is 1. The Morgan fingerprint density at radius 3 is 2.77 bits per heavy atom. The number of ether oxygens (including phenoxy) is 1. The second kappa shape index (κ2) is 7.58. The number of benzene rings is 1. The molecular weight excluding hydrogens is 332 g/mol. The molecule has 0 N–H and O–H groups in total. The minimum Gasteiger partial charge on any atom is -0.466 e. The molecule has 6 nitrogen and oxygen atoms in total. The van der Waals surface area contributed by atoms with Gasteiger partial charge in [-0.05, 0) is 57.4 Å². The molecule has 0 spiro atoms. The molecule has 1 aromatic rings. The van der Waals surface area contributed by atoms with Crippen molar-refractivity contribution < 1.29 is 19.1 Å². The van der Waals surface area contributed by atoms with Gasteiger partial charge in [-0.2, -0.15) is 0 Å². The Labute approximate surface area is 154 Å². The van der Waals surface area contributed by atoms with Gasteiger partial charge in [0.1, 0.15) is 0 Å². The molecule has 0 saturated carbocycles. The van der Waals surface area contributed by atoms with Crippen LogP contribution in [0.1, 0.15) is 37.3 Å². The zero-order valence-electron chi connectivity index (χ0n) is 15.7. The summed E-state index contributed by atoms with van der Waals surface area (Å²) in [6, 6.07) is 5.29.